The highest BCUT2D eigenvalue weighted by Gasteiger charge is 2.82. The zero-order chi connectivity index (χ0) is 35.5. The summed E-state index contributed by atoms with van der Waals surface area (Å²) in [4.78, 5) is 43.6. The smallest absolute Gasteiger partial charge is 0.256 e. The molecule has 0 amide bonds. The molecular weight excluding hydrogens is 624 g/mol. The van der Waals surface area contributed by atoms with E-state index in [2.05, 4.69) is 13.2 Å². The second-order valence-electron chi connectivity index (χ2n) is 13.0. The predicted octanol–water partition coefficient (Wildman–Crippen LogP) is 3.27. The van der Waals surface area contributed by atoms with E-state index in [1.807, 2.05) is 6.08 Å². The fourth-order valence-corrected chi connectivity index (χ4v) is 9.98. The summed E-state index contributed by atoms with van der Waals surface area (Å²) in [5.41, 5.74) is -3.01. The van der Waals surface area contributed by atoms with Crippen molar-refractivity contribution in [3.05, 3.63) is 60.4 Å². The molecule has 0 unspecified atom stereocenters. The number of ketones is 3. The van der Waals surface area contributed by atoms with E-state index in [0.717, 1.165) is 5.57 Å². The van der Waals surface area contributed by atoms with Crippen LogP contribution >= 0.6 is 0 Å². The van der Waals surface area contributed by atoms with Crippen LogP contribution in [0, 0.1) is 29.1 Å². The summed E-state index contributed by atoms with van der Waals surface area (Å²) in [6.45, 7) is 7.91. The van der Waals surface area contributed by atoms with Crippen molar-refractivity contribution in [1.29, 1.82) is 0 Å². The van der Waals surface area contributed by atoms with Gasteiger partial charge in [0.15, 0.2) is 17.0 Å². The predicted molar refractivity (Wildman–Crippen MR) is 171 cm³/mol. The molecule has 12 heteroatoms. The van der Waals surface area contributed by atoms with Crippen LogP contribution in [0.5, 0.6) is 0 Å². The van der Waals surface area contributed by atoms with Crippen molar-refractivity contribution in [3.8, 4) is 0 Å². The zero-order valence-corrected chi connectivity index (χ0v) is 29.3. The fraction of sp³-hybridized carbons (Fsp3) is 0.639. The number of allylic oxidation sites excluding steroid dienone is 2. The lowest BCUT2D eigenvalue weighted by atomic mass is 9.41. The number of carbonyl (C=O) groups is 3. The number of rotatable bonds is 15. The first-order valence-electron chi connectivity index (χ1n) is 15.9. The first-order valence-corrected chi connectivity index (χ1v) is 15.9. The number of methoxy groups -OCH3 is 9. The van der Waals surface area contributed by atoms with E-state index in [9.17, 15) is 14.4 Å². The molecule has 0 aromatic carbocycles. The molecule has 264 valence electrons. The van der Waals surface area contributed by atoms with Gasteiger partial charge in [0.2, 0.25) is 28.9 Å². The highest BCUT2D eigenvalue weighted by molar-refractivity contribution is 6.06. The maximum absolute atomic E-state index is 14.9. The monoisotopic (exact) mass is 672 g/mol. The summed E-state index contributed by atoms with van der Waals surface area (Å²) in [5, 5.41) is 0. The van der Waals surface area contributed by atoms with Crippen molar-refractivity contribution in [2.45, 2.75) is 54.2 Å². The summed E-state index contributed by atoms with van der Waals surface area (Å²) in [7, 11) is 12.7. The third kappa shape index (κ3) is 4.03. The molecule has 7 rings (SSSR count). The van der Waals surface area contributed by atoms with Crippen LogP contribution in [0.15, 0.2) is 60.4 Å². The molecular formula is C36H48O12. The quantitative estimate of drug-likeness (QED) is 0.187. The van der Waals surface area contributed by atoms with Crippen molar-refractivity contribution in [2.75, 3.05) is 64.0 Å². The third-order valence-corrected chi connectivity index (χ3v) is 11.9. The van der Waals surface area contributed by atoms with Crippen LogP contribution < -0.4 is 0 Å². The van der Waals surface area contributed by atoms with Crippen molar-refractivity contribution in [2.24, 2.45) is 29.1 Å². The van der Waals surface area contributed by atoms with Crippen LogP contribution in [0.3, 0.4) is 0 Å². The van der Waals surface area contributed by atoms with Gasteiger partial charge in [0.05, 0.1) is 13.0 Å². The van der Waals surface area contributed by atoms with Crippen molar-refractivity contribution in [1.82, 2.24) is 0 Å². The Balaban J connectivity index is 1.81. The van der Waals surface area contributed by atoms with Gasteiger partial charge in [-0.2, -0.15) is 0 Å². The van der Waals surface area contributed by atoms with Crippen LogP contribution in [0.4, 0.5) is 0 Å². The lowest BCUT2D eigenvalue weighted by Crippen LogP contribution is -2.81. The number of hydrogen-bond acceptors (Lipinski definition) is 12. The summed E-state index contributed by atoms with van der Waals surface area (Å²) in [6.07, 6.45) is 10.0. The van der Waals surface area contributed by atoms with Gasteiger partial charge in [0.1, 0.15) is 0 Å². The van der Waals surface area contributed by atoms with Gasteiger partial charge in [0.25, 0.3) is 5.78 Å². The molecule has 48 heavy (non-hydrogen) atoms. The standard InChI is InChI=1S/C36H48O12/c1-12-14-21-18-32(41-4)23(17-24(21)34(43-6,44-7)29(32)38)16-22-19-33(42-5)30(39)35(45-8,46-9)26(22)27-31(33,15-13-2)20-25(40-3)28(37)36(27,47-10)48-11/h12-13,18-20,23-24,26-27H,1-2,14-17H2,3-11H3/t23-,24+,26-,27+,31+,32-,33+/m1/s1. The van der Waals surface area contributed by atoms with E-state index < -0.39 is 69.2 Å². The number of ether oxygens (including phenoxy) is 9. The Hall–Kier alpha value is -2.81. The van der Waals surface area contributed by atoms with E-state index in [1.54, 1.807) is 24.3 Å². The average Bonchev–Trinajstić information content (AvgIpc) is 3.10. The Kier molecular flexibility index (Phi) is 9.50. The molecule has 0 aliphatic heterocycles. The molecule has 0 heterocycles. The number of fused-ring (bicyclic) bond motifs is 3. The fourth-order valence-electron chi connectivity index (χ4n) is 9.98. The SMILES string of the molecule is C=CCC1=C[C@]2(OC)C(=O)C(OC)(OC)[C@H]1C[C@H]2CC1=C[C@]2(OC)C(=O)C(OC)(OC)[C@H]1[C@@H]1C(OC)(OC)C(=O)C(OC)=C[C@@]12CC=C. The van der Waals surface area contributed by atoms with E-state index in [-0.39, 0.29) is 24.4 Å². The lowest BCUT2D eigenvalue weighted by Gasteiger charge is -2.68. The summed E-state index contributed by atoms with van der Waals surface area (Å²) in [6, 6.07) is 0. The second kappa shape index (κ2) is 12.5. The molecule has 0 aromatic heterocycles. The van der Waals surface area contributed by atoms with Crippen LogP contribution in [0.2, 0.25) is 0 Å². The summed E-state index contributed by atoms with van der Waals surface area (Å²) in [5.74, 6) is -9.85. The van der Waals surface area contributed by atoms with E-state index in [0.29, 0.717) is 18.4 Å². The molecule has 12 nitrogen and oxygen atoms in total. The Morgan fingerprint density at radius 2 is 1.31 bits per heavy atom. The number of hydrogen-bond donors (Lipinski definition) is 0. The topological polar surface area (TPSA) is 134 Å². The largest absolute Gasteiger partial charge is 0.493 e. The van der Waals surface area contributed by atoms with Crippen molar-refractivity contribution in [3.63, 3.8) is 0 Å². The van der Waals surface area contributed by atoms with Crippen LogP contribution in [0.1, 0.15) is 25.7 Å². The first-order chi connectivity index (χ1) is 22.9. The molecule has 0 spiro atoms. The van der Waals surface area contributed by atoms with Gasteiger partial charge in [-0.1, -0.05) is 23.3 Å². The zero-order valence-electron chi connectivity index (χ0n) is 29.3. The van der Waals surface area contributed by atoms with E-state index in [4.69, 9.17) is 42.6 Å². The number of Topliss-reactive ketones (excluding diaryl/α,β-unsaturated/α-hetero) is 3. The summed E-state index contributed by atoms with van der Waals surface area (Å²) >= 11 is 0. The lowest BCUT2D eigenvalue weighted by molar-refractivity contribution is -0.331. The third-order valence-electron chi connectivity index (χ3n) is 11.9. The van der Waals surface area contributed by atoms with E-state index >= 15 is 0 Å². The van der Waals surface area contributed by atoms with Crippen LogP contribution in [0.25, 0.3) is 0 Å². The highest BCUT2D eigenvalue weighted by Crippen LogP contribution is 2.70. The molecule has 2 saturated carbocycles. The normalized spacial score (nSPS) is 37.0. The maximum atomic E-state index is 14.9. The Bertz CT molecular complexity index is 1460. The molecule has 7 aliphatic rings. The Morgan fingerprint density at radius 1 is 0.708 bits per heavy atom. The van der Waals surface area contributed by atoms with Crippen molar-refractivity contribution >= 4 is 17.3 Å². The maximum Gasteiger partial charge on any atom is 0.256 e. The molecule has 7 aliphatic carbocycles. The molecule has 2 fully saturated rings. The van der Waals surface area contributed by atoms with Crippen LogP contribution in [-0.4, -0.2) is 110 Å². The molecule has 0 saturated heterocycles. The molecule has 0 aromatic rings. The van der Waals surface area contributed by atoms with Gasteiger partial charge < -0.3 is 42.6 Å². The molecule has 7 atom stereocenters. The Morgan fingerprint density at radius 3 is 1.79 bits per heavy atom. The Labute approximate surface area is 282 Å². The minimum Gasteiger partial charge on any atom is -0.493 e. The minimum absolute atomic E-state index is 0.0483. The molecule has 0 radical (unpaired) electrons. The molecule has 0 N–H and O–H groups in total. The van der Waals surface area contributed by atoms with Gasteiger partial charge in [-0.15, -0.1) is 13.2 Å². The average molecular weight is 673 g/mol. The van der Waals surface area contributed by atoms with Gasteiger partial charge >= 0.3 is 0 Å². The van der Waals surface area contributed by atoms with Gasteiger partial charge in [0, 0.05) is 80.0 Å². The van der Waals surface area contributed by atoms with Crippen molar-refractivity contribution < 1.29 is 57.0 Å². The molecule has 4 bridgehead atoms. The van der Waals surface area contributed by atoms with Crippen LogP contribution in [-0.2, 0) is 57.0 Å². The second-order valence-corrected chi connectivity index (χ2v) is 13.0. The minimum atomic E-state index is -1.97. The summed E-state index contributed by atoms with van der Waals surface area (Å²) < 4.78 is 54.0. The number of carbonyl (C=O) groups excluding carboxylic acids is 3. The van der Waals surface area contributed by atoms with Gasteiger partial charge in [-0.3, -0.25) is 14.4 Å². The van der Waals surface area contributed by atoms with Gasteiger partial charge in [-0.05, 0) is 43.9 Å². The van der Waals surface area contributed by atoms with Gasteiger partial charge in [-0.25, -0.2) is 0 Å². The van der Waals surface area contributed by atoms with E-state index in [1.165, 1.54) is 64.0 Å². The first kappa shape index (κ1) is 36.5. The highest BCUT2D eigenvalue weighted by atomic mass is 16.7.